The SMILES string of the molecule is CCn1c(SCC(=O)Nc2cc(Cl)ccc2C)nnc1-c1ccc(C(C)C)cc1. The molecule has 1 heterocycles. The molecule has 7 heteroatoms. The predicted molar refractivity (Wildman–Crippen MR) is 121 cm³/mol. The second-order valence-electron chi connectivity index (χ2n) is 7.12. The van der Waals surface area contributed by atoms with Crippen LogP contribution >= 0.6 is 23.4 Å². The summed E-state index contributed by atoms with van der Waals surface area (Å²) >= 11 is 7.40. The molecule has 1 N–H and O–H groups in total. The van der Waals surface area contributed by atoms with Crippen LogP contribution < -0.4 is 5.32 Å². The van der Waals surface area contributed by atoms with Gasteiger partial charge < -0.3 is 9.88 Å². The molecule has 0 aliphatic carbocycles. The van der Waals surface area contributed by atoms with E-state index in [2.05, 4.69) is 60.6 Å². The van der Waals surface area contributed by atoms with E-state index in [0.29, 0.717) is 10.9 Å². The predicted octanol–water partition coefficient (Wildman–Crippen LogP) is 5.78. The third-order valence-corrected chi connectivity index (χ3v) is 5.88. The smallest absolute Gasteiger partial charge is 0.234 e. The molecular weight excluding hydrogens is 404 g/mol. The minimum Gasteiger partial charge on any atom is -0.325 e. The third kappa shape index (κ3) is 5.19. The van der Waals surface area contributed by atoms with Crippen LogP contribution in [0.15, 0.2) is 47.6 Å². The van der Waals surface area contributed by atoms with Crippen LogP contribution in [0.2, 0.25) is 5.02 Å². The van der Waals surface area contributed by atoms with Gasteiger partial charge in [-0.3, -0.25) is 4.79 Å². The molecule has 1 amide bonds. The van der Waals surface area contributed by atoms with Gasteiger partial charge in [0, 0.05) is 22.8 Å². The Hall–Kier alpha value is -2.31. The Labute approximate surface area is 180 Å². The van der Waals surface area contributed by atoms with Crippen LogP contribution in [-0.4, -0.2) is 26.4 Å². The Morgan fingerprint density at radius 1 is 1.17 bits per heavy atom. The summed E-state index contributed by atoms with van der Waals surface area (Å²) in [5.74, 6) is 1.45. The van der Waals surface area contributed by atoms with E-state index in [1.807, 2.05) is 17.6 Å². The summed E-state index contributed by atoms with van der Waals surface area (Å²) in [5.41, 5.74) is 4.01. The van der Waals surface area contributed by atoms with Gasteiger partial charge in [-0.2, -0.15) is 0 Å². The molecule has 0 bridgehead atoms. The van der Waals surface area contributed by atoms with Crippen molar-refractivity contribution in [2.24, 2.45) is 0 Å². The van der Waals surface area contributed by atoms with Gasteiger partial charge >= 0.3 is 0 Å². The maximum Gasteiger partial charge on any atom is 0.234 e. The van der Waals surface area contributed by atoms with E-state index in [4.69, 9.17) is 11.6 Å². The summed E-state index contributed by atoms with van der Waals surface area (Å²) in [6, 6.07) is 13.9. The number of carbonyl (C=O) groups excluding carboxylic acids is 1. The van der Waals surface area contributed by atoms with E-state index in [1.165, 1.54) is 17.3 Å². The molecule has 152 valence electrons. The third-order valence-electron chi connectivity index (χ3n) is 4.67. The molecular formula is C22H25ClN4OS. The summed E-state index contributed by atoms with van der Waals surface area (Å²) in [6.45, 7) is 9.06. The number of aryl methyl sites for hydroxylation is 1. The first-order valence-corrected chi connectivity index (χ1v) is 11.0. The molecule has 0 fully saturated rings. The van der Waals surface area contributed by atoms with Crippen LogP contribution in [0, 0.1) is 6.92 Å². The molecule has 2 aromatic carbocycles. The van der Waals surface area contributed by atoms with E-state index >= 15 is 0 Å². The number of benzene rings is 2. The van der Waals surface area contributed by atoms with Gasteiger partial charge in [0.2, 0.25) is 5.91 Å². The summed E-state index contributed by atoms with van der Waals surface area (Å²) in [7, 11) is 0. The molecule has 0 atom stereocenters. The zero-order chi connectivity index (χ0) is 21.0. The average molecular weight is 429 g/mol. The first-order valence-electron chi connectivity index (χ1n) is 9.61. The lowest BCUT2D eigenvalue weighted by atomic mass is 10.0. The Kier molecular flexibility index (Phi) is 6.98. The van der Waals surface area contributed by atoms with Crippen molar-refractivity contribution in [3.05, 3.63) is 58.6 Å². The summed E-state index contributed by atoms with van der Waals surface area (Å²) in [6.07, 6.45) is 0. The van der Waals surface area contributed by atoms with Gasteiger partial charge in [0.25, 0.3) is 0 Å². The van der Waals surface area contributed by atoms with Crippen molar-refractivity contribution >= 4 is 35.0 Å². The van der Waals surface area contributed by atoms with Gasteiger partial charge in [-0.25, -0.2) is 0 Å². The summed E-state index contributed by atoms with van der Waals surface area (Å²) in [5, 5.41) is 12.9. The van der Waals surface area contributed by atoms with Crippen molar-refractivity contribution in [1.29, 1.82) is 0 Å². The lowest BCUT2D eigenvalue weighted by Crippen LogP contribution is -2.15. The van der Waals surface area contributed by atoms with Crippen molar-refractivity contribution in [1.82, 2.24) is 14.8 Å². The first-order chi connectivity index (χ1) is 13.9. The fourth-order valence-electron chi connectivity index (χ4n) is 2.96. The highest BCUT2D eigenvalue weighted by Crippen LogP contribution is 2.26. The van der Waals surface area contributed by atoms with E-state index < -0.39 is 0 Å². The zero-order valence-electron chi connectivity index (χ0n) is 17.1. The van der Waals surface area contributed by atoms with Crippen molar-refractivity contribution < 1.29 is 4.79 Å². The number of carbonyl (C=O) groups is 1. The lowest BCUT2D eigenvalue weighted by molar-refractivity contribution is -0.113. The topological polar surface area (TPSA) is 59.8 Å². The van der Waals surface area contributed by atoms with E-state index in [9.17, 15) is 4.79 Å². The number of rotatable bonds is 7. The Bertz CT molecular complexity index is 999. The van der Waals surface area contributed by atoms with Gasteiger partial charge in [-0.1, -0.05) is 67.5 Å². The quantitative estimate of drug-likeness (QED) is 0.484. The molecule has 29 heavy (non-hydrogen) atoms. The largest absolute Gasteiger partial charge is 0.325 e. The minimum atomic E-state index is -0.103. The van der Waals surface area contributed by atoms with Crippen LogP contribution in [-0.2, 0) is 11.3 Å². The fraction of sp³-hybridized carbons (Fsp3) is 0.318. The Morgan fingerprint density at radius 3 is 2.55 bits per heavy atom. The molecule has 0 unspecified atom stereocenters. The van der Waals surface area contributed by atoms with E-state index in [0.717, 1.165) is 34.3 Å². The van der Waals surface area contributed by atoms with Gasteiger partial charge in [0.1, 0.15) is 0 Å². The molecule has 0 saturated heterocycles. The number of hydrogen-bond donors (Lipinski definition) is 1. The number of amides is 1. The first kappa shape index (κ1) is 21.4. The molecule has 1 aromatic heterocycles. The second kappa shape index (κ2) is 9.46. The van der Waals surface area contributed by atoms with Gasteiger partial charge in [0.15, 0.2) is 11.0 Å². The van der Waals surface area contributed by atoms with Gasteiger partial charge in [-0.15, -0.1) is 10.2 Å². The highest BCUT2D eigenvalue weighted by atomic mass is 35.5. The summed E-state index contributed by atoms with van der Waals surface area (Å²) < 4.78 is 2.03. The lowest BCUT2D eigenvalue weighted by Gasteiger charge is -2.10. The number of anilines is 1. The molecule has 3 rings (SSSR count). The standard InChI is InChI=1S/C22H25ClN4OS/c1-5-27-21(17-9-7-16(8-10-17)14(2)3)25-26-22(27)29-13-20(28)24-19-12-18(23)11-6-15(19)4/h6-12,14H,5,13H2,1-4H3,(H,24,28). The van der Waals surface area contributed by atoms with Crippen molar-refractivity contribution in [2.75, 3.05) is 11.1 Å². The van der Waals surface area contributed by atoms with Gasteiger partial charge in [-0.05, 0) is 43.0 Å². The molecule has 0 spiro atoms. The zero-order valence-corrected chi connectivity index (χ0v) is 18.6. The normalized spacial score (nSPS) is 11.1. The average Bonchev–Trinajstić information content (AvgIpc) is 3.12. The van der Waals surface area contributed by atoms with Crippen LogP contribution in [0.4, 0.5) is 5.69 Å². The van der Waals surface area contributed by atoms with E-state index in [1.54, 1.807) is 12.1 Å². The molecule has 0 saturated carbocycles. The van der Waals surface area contributed by atoms with E-state index in [-0.39, 0.29) is 11.7 Å². The van der Waals surface area contributed by atoms with Crippen molar-refractivity contribution in [3.8, 4) is 11.4 Å². The number of hydrogen-bond acceptors (Lipinski definition) is 4. The molecule has 0 aliphatic rings. The van der Waals surface area contributed by atoms with Crippen molar-refractivity contribution in [2.45, 2.75) is 45.3 Å². The molecule has 0 aliphatic heterocycles. The number of nitrogens with one attached hydrogen (secondary N) is 1. The molecule has 3 aromatic rings. The van der Waals surface area contributed by atoms with Gasteiger partial charge in [0.05, 0.1) is 5.75 Å². The summed E-state index contributed by atoms with van der Waals surface area (Å²) in [4.78, 5) is 12.4. The highest BCUT2D eigenvalue weighted by molar-refractivity contribution is 7.99. The number of nitrogens with zero attached hydrogens (tertiary/aromatic N) is 3. The van der Waals surface area contributed by atoms with Crippen LogP contribution in [0.25, 0.3) is 11.4 Å². The molecule has 5 nitrogen and oxygen atoms in total. The fourth-order valence-corrected chi connectivity index (χ4v) is 3.93. The maximum atomic E-state index is 12.4. The van der Waals surface area contributed by atoms with Crippen LogP contribution in [0.5, 0.6) is 0 Å². The maximum absolute atomic E-state index is 12.4. The number of aromatic nitrogens is 3. The number of halogens is 1. The Morgan fingerprint density at radius 2 is 1.90 bits per heavy atom. The van der Waals surface area contributed by atoms with Crippen LogP contribution in [0.1, 0.15) is 37.8 Å². The second-order valence-corrected chi connectivity index (χ2v) is 8.50. The van der Waals surface area contributed by atoms with Crippen molar-refractivity contribution in [3.63, 3.8) is 0 Å². The minimum absolute atomic E-state index is 0.103. The van der Waals surface area contributed by atoms with Crippen LogP contribution in [0.3, 0.4) is 0 Å². The highest BCUT2D eigenvalue weighted by Gasteiger charge is 2.15. The number of thioether (sulfide) groups is 1. The Balaban J connectivity index is 1.70. The molecule has 0 radical (unpaired) electrons. The monoisotopic (exact) mass is 428 g/mol.